The minimum absolute atomic E-state index is 0.202. The minimum Gasteiger partial charge on any atom is -0.508 e. The standard InChI is InChI=1S/C23H28N6O/c1-27-9-11-29(12-10-27)20-6-8-25-22(14-20)23-15-21(30)13-19(26-23)17-28(2)16-18-5-3-4-7-24-18/h3-8,13-15H,9-12,16-17H2,1-2H3,(H,26,30). The summed E-state index contributed by atoms with van der Waals surface area (Å²) in [6.45, 7) is 5.42. The van der Waals surface area contributed by atoms with Crippen LogP contribution >= 0.6 is 0 Å². The minimum atomic E-state index is 0.202. The molecule has 1 aliphatic rings. The lowest BCUT2D eigenvalue weighted by atomic mass is 10.2. The number of hydrogen-bond donors (Lipinski definition) is 1. The maximum absolute atomic E-state index is 10.3. The number of nitrogens with zero attached hydrogens (tertiary/aromatic N) is 6. The van der Waals surface area contributed by atoms with Gasteiger partial charge in [-0.15, -0.1) is 0 Å². The molecule has 0 saturated carbocycles. The second kappa shape index (κ2) is 9.19. The molecule has 1 saturated heterocycles. The fourth-order valence-electron chi connectivity index (χ4n) is 3.71. The third kappa shape index (κ3) is 5.11. The van der Waals surface area contributed by atoms with Crippen molar-refractivity contribution in [2.75, 3.05) is 45.2 Å². The summed E-state index contributed by atoms with van der Waals surface area (Å²) in [4.78, 5) is 20.5. The molecule has 7 nitrogen and oxygen atoms in total. The molecular formula is C23H28N6O. The van der Waals surface area contributed by atoms with E-state index in [0.29, 0.717) is 18.8 Å². The predicted octanol–water partition coefficient (Wildman–Crippen LogP) is 2.63. The molecule has 0 spiro atoms. The Kier molecular flexibility index (Phi) is 6.21. The number of rotatable bonds is 6. The van der Waals surface area contributed by atoms with Gasteiger partial charge in [-0.2, -0.15) is 0 Å². The fraction of sp³-hybridized carbons (Fsp3) is 0.348. The average Bonchev–Trinajstić information content (AvgIpc) is 2.74. The highest BCUT2D eigenvalue weighted by molar-refractivity contribution is 5.63. The quantitative estimate of drug-likeness (QED) is 0.677. The van der Waals surface area contributed by atoms with Crippen molar-refractivity contribution in [1.82, 2.24) is 24.8 Å². The van der Waals surface area contributed by atoms with Gasteiger partial charge in [-0.1, -0.05) is 6.07 Å². The molecule has 156 valence electrons. The molecule has 4 rings (SSSR count). The van der Waals surface area contributed by atoms with Crippen LogP contribution in [0.3, 0.4) is 0 Å². The topological polar surface area (TPSA) is 68.6 Å². The fourth-order valence-corrected chi connectivity index (χ4v) is 3.71. The van der Waals surface area contributed by atoms with E-state index in [1.54, 1.807) is 18.3 Å². The van der Waals surface area contributed by atoms with E-state index in [4.69, 9.17) is 4.98 Å². The van der Waals surface area contributed by atoms with Gasteiger partial charge in [0, 0.05) is 69.5 Å². The Labute approximate surface area is 177 Å². The summed E-state index contributed by atoms with van der Waals surface area (Å²) in [6, 6.07) is 13.4. The summed E-state index contributed by atoms with van der Waals surface area (Å²) in [7, 11) is 4.17. The number of aromatic hydroxyl groups is 1. The van der Waals surface area contributed by atoms with Gasteiger partial charge in [-0.25, -0.2) is 4.98 Å². The van der Waals surface area contributed by atoms with Gasteiger partial charge in [-0.05, 0) is 38.4 Å². The van der Waals surface area contributed by atoms with E-state index < -0.39 is 0 Å². The maximum atomic E-state index is 10.3. The highest BCUT2D eigenvalue weighted by Crippen LogP contribution is 2.25. The summed E-state index contributed by atoms with van der Waals surface area (Å²) in [5, 5.41) is 10.3. The molecule has 0 unspecified atom stereocenters. The van der Waals surface area contributed by atoms with Gasteiger partial charge in [0.15, 0.2) is 0 Å². The van der Waals surface area contributed by atoms with Gasteiger partial charge in [0.05, 0.1) is 22.8 Å². The zero-order valence-electron chi connectivity index (χ0n) is 17.6. The van der Waals surface area contributed by atoms with Crippen LogP contribution < -0.4 is 4.90 Å². The molecule has 1 N–H and O–H groups in total. The molecule has 1 fully saturated rings. The van der Waals surface area contributed by atoms with Gasteiger partial charge in [0.2, 0.25) is 0 Å². The molecule has 0 aliphatic carbocycles. The molecule has 30 heavy (non-hydrogen) atoms. The van der Waals surface area contributed by atoms with Crippen molar-refractivity contribution in [1.29, 1.82) is 0 Å². The Hall–Kier alpha value is -3.03. The zero-order valence-corrected chi connectivity index (χ0v) is 17.6. The Morgan fingerprint density at radius 3 is 2.47 bits per heavy atom. The van der Waals surface area contributed by atoms with Crippen molar-refractivity contribution in [2.24, 2.45) is 0 Å². The first-order valence-electron chi connectivity index (χ1n) is 10.2. The molecule has 4 heterocycles. The predicted molar refractivity (Wildman–Crippen MR) is 118 cm³/mol. The Balaban J connectivity index is 1.51. The first-order chi connectivity index (χ1) is 14.6. The van der Waals surface area contributed by atoms with Crippen LogP contribution in [-0.4, -0.2) is 70.1 Å². The number of hydrogen-bond acceptors (Lipinski definition) is 7. The second-order valence-corrected chi connectivity index (χ2v) is 7.88. The Morgan fingerprint density at radius 2 is 1.70 bits per heavy atom. The zero-order chi connectivity index (χ0) is 20.9. The van der Waals surface area contributed by atoms with Crippen molar-refractivity contribution in [3.8, 4) is 17.1 Å². The first-order valence-corrected chi connectivity index (χ1v) is 10.2. The van der Waals surface area contributed by atoms with Crippen LogP contribution in [0.15, 0.2) is 54.9 Å². The first kappa shape index (κ1) is 20.3. The van der Waals surface area contributed by atoms with Crippen molar-refractivity contribution >= 4 is 5.69 Å². The van der Waals surface area contributed by atoms with Crippen LogP contribution in [0.5, 0.6) is 5.75 Å². The van der Waals surface area contributed by atoms with Crippen LogP contribution in [0.1, 0.15) is 11.4 Å². The van der Waals surface area contributed by atoms with Crippen molar-refractivity contribution < 1.29 is 5.11 Å². The molecule has 0 amide bonds. The van der Waals surface area contributed by atoms with E-state index in [1.165, 1.54) is 0 Å². The lowest BCUT2D eigenvalue weighted by Crippen LogP contribution is -2.44. The Morgan fingerprint density at radius 1 is 0.900 bits per heavy atom. The third-order valence-corrected chi connectivity index (χ3v) is 5.33. The molecule has 0 atom stereocenters. The SMILES string of the molecule is CN1CCN(c2ccnc(-c3cc(O)cc(CN(C)Cc4ccccn4)n3)c2)CC1. The van der Waals surface area contributed by atoms with Gasteiger partial charge in [0.1, 0.15) is 5.75 Å². The number of anilines is 1. The van der Waals surface area contributed by atoms with E-state index in [-0.39, 0.29) is 5.75 Å². The van der Waals surface area contributed by atoms with Crippen LogP contribution in [0.4, 0.5) is 5.69 Å². The molecule has 0 bridgehead atoms. The van der Waals surface area contributed by atoms with Crippen molar-refractivity contribution in [3.05, 3.63) is 66.2 Å². The highest BCUT2D eigenvalue weighted by atomic mass is 16.3. The van der Waals surface area contributed by atoms with Gasteiger partial charge in [-0.3, -0.25) is 14.9 Å². The number of aromatic nitrogens is 3. The Bertz CT molecular complexity index is 972. The summed E-state index contributed by atoms with van der Waals surface area (Å²) < 4.78 is 0. The van der Waals surface area contributed by atoms with Crippen LogP contribution in [0.2, 0.25) is 0 Å². The largest absolute Gasteiger partial charge is 0.508 e. The average molecular weight is 405 g/mol. The lowest BCUT2D eigenvalue weighted by molar-refractivity contribution is 0.310. The smallest absolute Gasteiger partial charge is 0.119 e. The normalized spacial score (nSPS) is 15.0. The summed E-state index contributed by atoms with van der Waals surface area (Å²) in [6.07, 6.45) is 3.62. The summed E-state index contributed by atoms with van der Waals surface area (Å²) >= 11 is 0. The number of likely N-dealkylation sites (N-methyl/N-ethyl adjacent to an activating group) is 1. The summed E-state index contributed by atoms with van der Waals surface area (Å²) in [5.74, 6) is 0.202. The van der Waals surface area contributed by atoms with Crippen LogP contribution in [0, 0.1) is 0 Å². The van der Waals surface area contributed by atoms with Crippen molar-refractivity contribution in [3.63, 3.8) is 0 Å². The third-order valence-electron chi connectivity index (χ3n) is 5.33. The van der Waals surface area contributed by atoms with E-state index in [1.807, 2.05) is 37.5 Å². The van der Waals surface area contributed by atoms with Gasteiger partial charge < -0.3 is 14.9 Å². The molecule has 0 aromatic carbocycles. The van der Waals surface area contributed by atoms with E-state index >= 15 is 0 Å². The van der Waals surface area contributed by atoms with E-state index in [0.717, 1.165) is 48.9 Å². The van der Waals surface area contributed by atoms with E-state index in [9.17, 15) is 5.11 Å². The molecule has 1 aliphatic heterocycles. The van der Waals surface area contributed by atoms with E-state index in [2.05, 4.69) is 37.8 Å². The van der Waals surface area contributed by atoms with Gasteiger partial charge >= 0.3 is 0 Å². The van der Waals surface area contributed by atoms with Crippen LogP contribution in [0.25, 0.3) is 11.4 Å². The van der Waals surface area contributed by atoms with Crippen LogP contribution in [-0.2, 0) is 13.1 Å². The summed E-state index contributed by atoms with van der Waals surface area (Å²) in [5.41, 5.74) is 4.41. The molecule has 7 heteroatoms. The number of piperazine rings is 1. The molecular weight excluding hydrogens is 376 g/mol. The second-order valence-electron chi connectivity index (χ2n) is 7.88. The van der Waals surface area contributed by atoms with Crippen molar-refractivity contribution in [2.45, 2.75) is 13.1 Å². The maximum Gasteiger partial charge on any atom is 0.119 e. The lowest BCUT2D eigenvalue weighted by Gasteiger charge is -2.34. The monoisotopic (exact) mass is 404 g/mol. The van der Waals surface area contributed by atoms with Gasteiger partial charge in [0.25, 0.3) is 0 Å². The number of pyridine rings is 3. The molecule has 3 aromatic rings. The molecule has 0 radical (unpaired) electrons. The molecule has 3 aromatic heterocycles. The highest BCUT2D eigenvalue weighted by Gasteiger charge is 2.16.